The summed E-state index contributed by atoms with van der Waals surface area (Å²) < 4.78 is 25.9. The number of amides is 1. The Balaban J connectivity index is 0.00000361. The highest BCUT2D eigenvalue weighted by Gasteiger charge is 2.17. The first kappa shape index (κ1) is 18.9. The van der Waals surface area contributed by atoms with Crippen LogP contribution in [0.25, 0.3) is 0 Å². The Kier molecular flexibility index (Phi) is 7.15. The molecule has 6 nitrogen and oxygen atoms in total. The minimum atomic E-state index is -3.55. The number of aryl methyl sites for hydroxylation is 1. The molecule has 1 rings (SSSR count). The van der Waals surface area contributed by atoms with Crippen LogP contribution in [0.15, 0.2) is 23.1 Å². The van der Waals surface area contributed by atoms with Crippen LogP contribution in [-0.4, -0.2) is 27.4 Å². The number of benzene rings is 1. The average molecular weight is 322 g/mol. The summed E-state index contributed by atoms with van der Waals surface area (Å²) >= 11 is 0. The molecule has 0 unspecified atom stereocenters. The van der Waals surface area contributed by atoms with Crippen LogP contribution in [0.2, 0.25) is 0 Å². The second kappa shape index (κ2) is 7.58. The van der Waals surface area contributed by atoms with Crippen molar-refractivity contribution in [3.05, 3.63) is 23.8 Å². The van der Waals surface area contributed by atoms with Gasteiger partial charge in [-0.15, -0.1) is 12.4 Å². The first-order valence-corrected chi connectivity index (χ1v) is 7.40. The highest BCUT2D eigenvalue weighted by atomic mass is 35.5. The van der Waals surface area contributed by atoms with Gasteiger partial charge in [0.2, 0.25) is 15.9 Å². The molecular formula is C12H20ClN3O3S. The number of rotatable bonds is 5. The van der Waals surface area contributed by atoms with Gasteiger partial charge in [-0.25, -0.2) is 13.1 Å². The minimum Gasteiger partial charge on any atom is -0.325 e. The molecule has 1 aromatic carbocycles. The summed E-state index contributed by atoms with van der Waals surface area (Å²) in [5.41, 5.74) is 6.62. The van der Waals surface area contributed by atoms with Gasteiger partial charge in [-0.3, -0.25) is 4.79 Å². The Bertz CT molecular complexity index is 575. The molecule has 1 aromatic rings. The molecule has 20 heavy (non-hydrogen) atoms. The molecule has 0 aromatic heterocycles. The van der Waals surface area contributed by atoms with E-state index in [4.69, 9.17) is 5.73 Å². The van der Waals surface area contributed by atoms with Gasteiger partial charge in [0, 0.05) is 5.69 Å². The molecule has 1 amide bonds. The summed E-state index contributed by atoms with van der Waals surface area (Å²) in [4.78, 5) is 11.8. The maximum absolute atomic E-state index is 11.8. The molecule has 0 bridgehead atoms. The van der Waals surface area contributed by atoms with E-state index in [0.29, 0.717) is 17.7 Å². The quantitative estimate of drug-likeness (QED) is 0.753. The maximum Gasteiger partial charge on any atom is 0.241 e. The predicted molar refractivity (Wildman–Crippen MR) is 81.6 cm³/mol. The third-order valence-electron chi connectivity index (χ3n) is 2.79. The molecule has 8 heteroatoms. The first-order chi connectivity index (χ1) is 8.81. The zero-order chi connectivity index (χ0) is 14.6. The van der Waals surface area contributed by atoms with Gasteiger partial charge in [0.1, 0.15) is 0 Å². The van der Waals surface area contributed by atoms with Crippen molar-refractivity contribution in [1.82, 2.24) is 4.72 Å². The largest absolute Gasteiger partial charge is 0.325 e. The van der Waals surface area contributed by atoms with Crippen molar-refractivity contribution in [3.63, 3.8) is 0 Å². The zero-order valence-electron chi connectivity index (χ0n) is 11.6. The lowest BCUT2D eigenvalue weighted by Gasteiger charge is -2.12. The molecule has 1 atom stereocenters. The van der Waals surface area contributed by atoms with E-state index in [-0.39, 0.29) is 23.2 Å². The fraction of sp³-hybridized carbons (Fsp3) is 0.417. The standard InChI is InChI=1S/C12H19N3O3S.ClH/c1-4-10(13)12(16)15-9-6-5-8(2)11(7-9)19(17,18)14-3;/h5-7,10,14H,4,13H2,1-3H3,(H,15,16);1H/t10-;/m0./s1. The normalized spacial score (nSPS) is 12.4. The number of carbonyl (C=O) groups excluding carboxylic acids is 1. The van der Waals surface area contributed by atoms with Crippen LogP contribution in [0.1, 0.15) is 18.9 Å². The second-order valence-corrected chi connectivity index (χ2v) is 6.05. The number of hydrogen-bond donors (Lipinski definition) is 3. The van der Waals surface area contributed by atoms with Crippen molar-refractivity contribution in [3.8, 4) is 0 Å². The summed E-state index contributed by atoms with van der Waals surface area (Å²) in [6.07, 6.45) is 0.513. The molecule has 0 fully saturated rings. The fourth-order valence-electron chi connectivity index (χ4n) is 1.50. The lowest BCUT2D eigenvalue weighted by Crippen LogP contribution is -2.34. The van der Waals surface area contributed by atoms with Crippen molar-refractivity contribution in [2.75, 3.05) is 12.4 Å². The smallest absolute Gasteiger partial charge is 0.241 e. The van der Waals surface area contributed by atoms with E-state index in [2.05, 4.69) is 10.0 Å². The van der Waals surface area contributed by atoms with Crippen molar-refractivity contribution in [2.45, 2.75) is 31.2 Å². The lowest BCUT2D eigenvalue weighted by atomic mass is 10.2. The summed E-state index contributed by atoms with van der Waals surface area (Å²) in [7, 11) is -2.21. The monoisotopic (exact) mass is 321 g/mol. The minimum absolute atomic E-state index is 0. The number of halogens is 1. The van der Waals surface area contributed by atoms with Crippen LogP contribution in [-0.2, 0) is 14.8 Å². The summed E-state index contributed by atoms with van der Waals surface area (Å²) in [6.45, 7) is 3.49. The number of nitrogens with one attached hydrogen (secondary N) is 2. The molecule has 4 N–H and O–H groups in total. The van der Waals surface area contributed by atoms with Crippen LogP contribution in [0.3, 0.4) is 0 Å². The third kappa shape index (κ3) is 4.45. The Morgan fingerprint density at radius 1 is 1.40 bits per heavy atom. The number of nitrogens with two attached hydrogens (primary N) is 1. The van der Waals surface area contributed by atoms with Crippen LogP contribution in [0, 0.1) is 6.92 Å². The Morgan fingerprint density at radius 2 is 2.00 bits per heavy atom. The lowest BCUT2D eigenvalue weighted by molar-refractivity contribution is -0.117. The zero-order valence-corrected chi connectivity index (χ0v) is 13.3. The molecule has 0 heterocycles. The molecule has 0 radical (unpaired) electrons. The molecular weight excluding hydrogens is 302 g/mol. The maximum atomic E-state index is 11.8. The predicted octanol–water partition coefficient (Wildman–Crippen LogP) is 1.00. The molecule has 0 spiro atoms. The molecule has 0 aliphatic carbocycles. The van der Waals surface area contributed by atoms with Crippen LogP contribution in [0.5, 0.6) is 0 Å². The third-order valence-corrected chi connectivity index (χ3v) is 4.35. The van der Waals surface area contributed by atoms with Gasteiger partial charge in [0.25, 0.3) is 0 Å². The summed E-state index contributed by atoms with van der Waals surface area (Å²) in [5.74, 6) is -0.334. The van der Waals surface area contributed by atoms with Gasteiger partial charge >= 0.3 is 0 Å². The van der Waals surface area contributed by atoms with Gasteiger partial charge in [-0.2, -0.15) is 0 Å². The summed E-state index contributed by atoms with van der Waals surface area (Å²) in [5, 5.41) is 2.60. The Morgan fingerprint density at radius 3 is 2.50 bits per heavy atom. The van der Waals surface area contributed by atoms with E-state index in [9.17, 15) is 13.2 Å². The van der Waals surface area contributed by atoms with E-state index >= 15 is 0 Å². The van der Waals surface area contributed by atoms with Gasteiger partial charge in [-0.1, -0.05) is 13.0 Å². The van der Waals surface area contributed by atoms with Crippen molar-refractivity contribution in [1.29, 1.82) is 0 Å². The van der Waals surface area contributed by atoms with E-state index < -0.39 is 16.1 Å². The number of anilines is 1. The van der Waals surface area contributed by atoms with Crippen LogP contribution < -0.4 is 15.8 Å². The highest BCUT2D eigenvalue weighted by molar-refractivity contribution is 7.89. The van der Waals surface area contributed by atoms with Gasteiger partial charge < -0.3 is 11.1 Å². The number of carbonyl (C=O) groups is 1. The van der Waals surface area contributed by atoms with Crippen molar-refractivity contribution in [2.24, 2.45) is 5.73 Å². The SMILES string of the molecule is CC[C@H](N)C(=O)Nc1ccc(C)c(S(=O)(=O)NC)c1.Cl. The van der Waals surface area contributed by atoms with Crippen molar-refractivity contribution < 1.29 is 13.2 Å². The number of sulfonamides is 1. The van der Waals surface area contributed by atoms with E-state index in [1.165, 1.54) is 13.1 Å². The Labute approximate surface area is 125 Å². The van der Waals surface area contributed by atoms with Gasteiger partial charge in [0.15, 0.2) is 0 Å². The van der Waals surface area contributed by atoms with Crippen LogP contribution in [0.4, 0.5) is 5.69 Å². The number of hydrogen-bond acceptors (Lipinski definition) is 4. The average Bonchev–Trinajstić information content (AvgIpc) is 2.39. The molecule has 0 aliphatic heterocycles. The molecule has 114 valence electrons. The van der Waals surface area contributed by atoms with Crippen LogP contribution >= 0.6 is 12.4 Å². The molecule has 0 aliphatic rings. The molecule has 0 saturated heterocycles. The summed E-state index contributed by atoms with van der Waals surface area (Å²) in [6, 6.07) is 4.09. The van der Waals surface area contributed by atoms with E-state index in [1.54, 1.807) is 26.0 Å². The van der Waals surface area contributed by atoms with E-state index in [1.807, 2.05) is 0 Å². The Hall–Kier alpha value is -1.15. The fourth-order valence-corrected chi connectivity index (χ4v) is 2.49. The molecule has 0 saturated carbocycles. The van der Waals surface area contributed by atoms with E-state index in [0.717, 1.165) is 0 Å². The highest BCUT2D eigenvalue weighted by Crippen LogP contribution is 2.20. The van der Waals surface area contributed by atoms with Crippen molar-refractivity contribution >= 4 is 34.0 Å². The van der Waals surface area contributed by atoms with Gasteiger partial charge in [0.05, 0.1) is 10.9 Å². The van der Waals surface area contributed by atoms with Gasteiger partial charge in [-0.05, 0) is 38.1 Å². The first-order valence-electron chi connectivity index (χ1n) is 5.92. The second-order valence-electron chi connectivity index (χ2n) is 4.19. The topological polar surface area (TPSA) is 101 Å².